The standard InChI is InChI=1S/C8H9BrN4O/c1-4(10)7-12-8(14-13-7)5-2-6(9)11-3-5/h2-4,11H,10H2,1H3. The van der Waals surface area contributed by atoms with E-state index < -0.39 is 0 Å². The van der Waals surface area contributed by atoms with Crippen molar-refractivity contribution >= 4 is 15.9 Å². The van der Waals surface area contributed by atoms with Gasteiger partial charge < -0.3 is 15.2 Å². The summed E-state index contributed by atoms with van der Waals surface area (Å²) in [4.78, 5) is 7.11. The molecule has 0 radical (unpaired) electrons. The van der Waals surface area contributed by atoms with Crippen molar-refractivity contribution in [2.75, 3.05) is 0 Å². The van der Waals surface area contributed by atoms with Crippen molar-refractivity contribution in [2.24, 2.45) is 5.73 Å². The smallest absolute Gasteiger partial charge is 0.259 e. The van der Waals surface area contributed by atoms with Crippen LogP contribution in [0.1, 0.15) is 18.8 Å². The highest BCUT2D eigenvalue weighted by atomic mass is 79.9. The lowest BCUT2D eigenvalue weighted by Gasteiger charge is -1.92. The zero-order valence-corrected chi connectivity index (χ0v) is 9.08. The van der Waals surface area contributed by atoms with Gasteiger partial charge in [-0.05, 0) is 28.9 Å². The molecule has 74 valence electrons. The summed E-state index contributed by atoms with van der Waals surface area (Å²) in [5.41, 5.74) is 6.45. The zero-order chi connectivity index (χ0) is 10.1. The maximum atomic E-state index is 5.61. The molecule has 0 bridgehead atoms. The van der Waals surface area contributed by atoms with Gasteiger partial charge in [0.25, 0.3) is 5.89 Å². The number of aromatic nitrogens is 3. The first kappa shape index (κ1) is 9.42. The van der Waals surface area contributed by atoms with E-state index in [1.807, 2.05) is 13.0 Å². The van der Waals surface area contributed by atoms with Crippen LogP contribution in [0, 0.1) is 0 Å². The number of halogens is 1. The Balaban J connectivity index is 2.33. The minimum atomic E-state index is -0.213. The van der Waals surface area contributed by atoms with Crippen LogP contribution in [-0.4, -0.2) is 15.1 Å². The average Bonchev–Trinajstić information content (AvgIpc) is 2.70. The molecule has 0 aliphatic carbocycles. The molecule has 0 aliphatic heterocycles. The van der Waals surface area contributed by atoms with Gasteiger partial charge in [-0.15, -0.1) is 0 Å². The average molecular weight is 257 g/mol. The van der Waals surface area contributed by atoms with Gasteiger partial charge in [0, 0.05) is 6.20 Å². The normalized spacial score (nSPS) is 13.1. The van der Waals surface area contributed by atoms with Crippen molar-refractivity contribution in [2.45, 2.75) is 13.0 Å². The Morgan fingerprint density at radius 2 is 2.43 bits per heavy atom. The fourth-order valence-corrected chi connectivity index (χ4v) is 1.39. The van der Waals surface area contributed by atoms with Crippen molar-refractivity contribution in [3.63, 3.8) is 0 Å². The van der Waals surface area contributed by atoms with Crippen LogP contribution >= 0.6 is 15.9 Å². The van der Waals surface area contributed by atoms with E-state index >= 15 is 0 Å². The molecule has 2 heterocycles. The van der Waals surface area contributed by atoms with Gasteiger partial charge >= 0.3 is 0 Å². The molecule has 5 nitrogen and oxygen atoms in total. The second kappa shape index (κ2) is 3.55. The van der Waals surface area contributed by atoms with E-state index in [0.717, 1.165) is 10.2 Å². The van der Waals surface area contributed by atoms with E-state index in [2.05, 4.69) is 31.1 Å². The van der Waals surface area contributed by atoms with Crippen molar-refractivity contribution in [1.82, 2.24) is 15.1 Å². The van der Waals surface area contributed by atoms with Crippen LogP contribution in [-0.2, 0) is 0 Å². The number of aromatic amines is 1. The molecular weight excluding hydrogens is 248 g/mol. The molecule has 1 atom stereocenters. The lowest BCUT2D eigenvalue weighted by molar-refractivity contribution is 0.418. The van der Waals surface area contributed by atoms with Crippen LogP contribution in [0.5, 0.6) is 0 Å². The van der Waals surface area contributed by atoms with Crippen LogP contribution in [0.25, 0.3) is 11.5 Å². The third kappa shape index (κ3) is 1.71. The van der Waals surface area contributed by atoms with Crippen LogP contribution in [0.2, 0.25) is 0 Å². The molecule has 14 heavy (non-hydrogen) atoms. The highest BCUT2D eigenvalue weighted by Gasteiger charge is 2.12. The first-order valence-electron chi connectivity index (χ1n) is 4.10. The lowest BCUT2D eigenvalue weighted by atomic mass is 10.3. The second-order valence-electron chi connectivity index (χ2n) is 2.98. The minimum absolute atomic E-state index is 0.213. The van der Waals surface area contributed by atoms with E-state index in [1.54, 1.807) is 6.20 Å². The van der Waals surface area contributed by atoms with Gasteiger partial charge in [0.2, 0.25) is 0 Å². The molecule has 3 N–H and O–H groups in total. The SMILES string of the molecule is CC(N)c1noc(-c2c[nH]c(Br)c2)n1. The second-order valence-corrected chi connectivity index (χ2v) is 3.84. The Bertz CT molecular complexity index is 434. The van der Waals surface area contributed by atoms with Crippen molar-refractivity contribution in [3.05, 3.63) is 22.7 Å². The van der Waals surface area contributed by atoms with Crippen LogP contribution in [0.3, 0.4) is 0 Å². The van der Waals surface area contributed by atoms with Gasteiger partial charge in [0.1, 0.15) is 0 Å². The third-order valence-electron chi connectivity index (χ3n) is 1.74. The summed E-state index contributed by atoms with van der Waals surface area (Å²) in [5, 5.41) is 3.76. The number of nitrogens with one attached hydrogen (secondary N) is 1. The quantitative estimate of drug-likeness (QED) is 0.860. The zero-order valence-electron chi connectivity index (χ0n) is 7.49. The van der Waals surface area contributed by atoms with E-state index in [4.69, 9.17) is 10.3 Å². The van der Waals surface area contributed by atoms with Gasteiger partial charge in [-0.1, -0.05) is 5.16 Å². The van der Waals surface area contributed by atoms with E-state index in [-0.39, 0.29) is 6.04 Å². The maximum absolute atomic E-state index is 5.61. The van der Waals surface area contributed by atoms with Gasteiger partial charge in [-0.3, -0.25) is 0 Å². The summed E-state index contributed by atoms with van der Waals surface area (Å²) in [7, 11) is 0. The van der Waals surface area contributed by atoms with E-state index in [0.29, 0.717) is 11.7 Å². The van der Waals surface area contributed by atoms with Crippen LogP contribution < -0.4 is 5.73 Å². The first-order valence-corrected chi connectivity index (χ1v) is 4.89. The van der Waals surface area contributed by atoms with Gasteiger partial charge in [-0.25, -0.2) is 0 Å². The van der Waals surface area contributed by atoms with Crippen molar-refractivity contribution in [3.8, 4) is 11.5 Å². The Labute approximate surface area is 88.8 Å². The number of rotatable bonds is 2. The molecule has 0 aliphatic rings. The largest absolute Gasteiger partial charge is 0.355 e. The van der Waals surface area contributed by atoms with E-state index in [9.17, 15) is 0 Å². The Morgan fingerprint density at radius 1 is 1.64 bits per heavy atom. The van der Waals surface area contributed by atoms with Crippen LogP contribution in [0.15, 0.2) is 21.4 Å². The summed E-state index contributed by atoms with van der Waals surface area (Å²) < 4.78 is 5.91. The minimum Gasteiger partial charge on any atom is -0.355 e. The molecule has 0 aromatic carbocycles. The Hall–Kier alpha value is -1.14. The van der Waals surface area contributed by atoms with Crippen LogP contribution in [0.4, 0.5) is 0 Å². The van der Waals surface area contributed by atoms with E-state index in [1.165, 1.54) is 0 Å². The molecule has 0 saturated heterocycles. The summed E-state index contributed by atoms with van der Waals surface area (Å²) in [6.45, 7) is 1.81. The van der Waals surface area contributed by atoms with Crippen molar-refractivity contribution in [1.29, 1.82) is 0 Å². The fourth-order valence-electron chi connectivity index (χ4n) is 1.03. The highest BCUT2D eigenvalue weighted by molar-refractivity contribution is 9.10. The summed E-state index contributed by atoms with van der Waals surface area (Å²) in [5.74, 6) is 0.983. The summed E-state index contributed by atoms with van der Waals surface area (Å²) in [6.07, 6.45) is 1.78. The summed E-state index contributed by atoms with van der Waals surface area (Å²) in [6, 6.07) is 1.65. The van der Waals surface area contributed by atoms with Crippen molar-refractivity contribution < 1.29 is 4.52 Å². The molecule has 1 unspecified atom stereocenters. The molecule has 0 saturated carbocycles. The predicted octanol–water partition coefficient (Wildman–Crippen LogP) is 1.85. The number of hydrogen-bond acceptors (Lipinski definition) is 4. The number of H-pyrrole nitrogens is 1. The third-order valence-corrected chi connectivity index (χ3v) is 2.20. The molecule has 0 amide bonds. The van der Waals surface area contributed by atoms with Gasteiger partial charge in [0.05, 0.1) is 16.2 Å². The first-order chi connectivity index (χ1) is 6.66. The molecule has 2 rings (SSSR count). The molecule has 0 spiro atoms. The summed E-state index contributed by atoms with van der Waals surface area (Å²) >= 11 is 3.30. The number of nitrogens with two attached hydrogens (primary N) is 1. The Morgan fingerprint density at radius 3 is 2.93 bits per heavy atom. The van der Waals surface area contributed by atoms with Gasteiger partial charge in [0.15, 0.2) is 5.82 Å². The molecule has 6 heteroatoms. The number of hydrogen-bond donors (Lipinski definition) is 2. The molecule has 2 aromatic rings. The maximum Gasteiger partial charge on any atom is 0.259 e. The highest BCUT2D eigenvalue weighted by Crippen LogP contribution is 2.21. The number of nitrogens with zero attached hydrogens (tertiary/aromatic N) is 2. The molecular formula is C8H9BrN4O. The van der Waals surface area contributed by atoms with Gasteiger partial charge in [-0.2, -0.15) is 4.98 Å². The fraction of sp³-hybridized carbons (Fsp3) is 0.250. The lowest BCUT2D eigenvalue weighted by Crippen LogP contribution is -2.06. The molecule has 2 aromatic heterocycles. The topological polar surface area (TPSA) is 80.7 Å². The predicted molar refractivity (Wildman–Crippen MR) is 54.4 cm³/mol. The Kier molecular flexibility index (Phi) is 2.39. The molecule has 0 fully saturated rings. The monoisotopic (exact) mass is 256 g/mol.